The highest BCUT2D eigenvalue weighted by molar-refractivity contribution is 7.89. The number of fused-ring (bicyclic) bond motifs is 1. The van der Waals surface area contributed by atoms with Gasteiger partial charge in [-0.25, -0.2) is 13.6 Å². The zero-order chi connectivity index (χ0) is 16.1. The molecule has 0 spiro atoms. The maximum Gasteiger partial charge on any atom is 0.238 e. The number of imide groups is 1. The minimum absolute atomic E-state index is 0.0718. The molecule has 1 aliphatic carbocycles. The van der Waals surface area contributed by atoms with Crippen molar-refractivity contribution >= 4 is 39.1 Å². The summed E-state index contributed by atoms with van der Waals surface area (Å²) in [4.78, 5) is 25.9. The maximum absolute atomic E-state index is 12.5. The summed E-state index contributed by atoms with van der Waals surface area (Å²) < 4.78 is 22.5. The quantitative estimate of drug-likeness (QED) is 0.822. The van der Waals surface area contributed by atoms with Gasteiger partial charge in [-0.05, 0) is 37.1 Å². The van der Waals surface area contributed by atoms with E-state index in [4.69, 9.17) is 16.7 Å². The molecule has 3 rings (SSSR count). The molecule has 0 saturated carbocycles. The van der Waals surface area contributed by atoms with E-state index in [1.807, 2.05) is 0 Å². The van der Waals surface area contributed by atoms with Gasteiger partial charge in [-0.1, -0.05) is 17.7 Å². The number of halogens is 1. The number of nitrogens with zero attached hydrogens (tertiary/aromatic N) is 1. The van der Waals surface area contributed by atoms with Crippen LogP contribution in [0.15, 0.2) is 40.3 Å². The fraction of sp³-hybridized carbons (Fsp3) is 0.286. The number of nitrogens with two attached hydrogens (primary N) is 1. The second-order valence-electron chi connectivity index (χ2n) is 5.35. The fourth-order valence-electron chi connectivity index (χ4n) is 2.87. The molecule has 2 atom stereocenters. The van der Waals surface area contributed by atoms with Crippen LogP contribution >= 0.6 is 11.6 Å². The Bertz CT molecular complexity index is 786. The molecule has 0 bridgehead atoms. The molecule has 0 radical (unpaired) electrons. The lowest BCUT2D eigenvalue weighted by molar-refractivity contribution is -0.122. The van der Waals surface area contributed by atoms with Gasteiger partial charge in [0.05, 0.1) is 22.4 Å². The van der Waals surface area contributed by atoms with Gasteiger partial charge in [0.2, 0.25) is 21.8 Å². The SMILES string of the molecule is NS(=O)(=O)c1ccc(N2C(=O)C3CC=C(Cl)CC3C2=O)cc1. The molecule has 1 saturated heterocycles. The normalized spacial score (nSPS) is 25.2. The molecule has 2 amide bonds. The predicted molar refractivity (Wildman–Crippen MR) is 80.5 cm³/mol. The number of allylic oxidation sites excluding steroid dienone is 2. The molecule has 1 fully saturated rings. The summed E-state index contributed by atoms with van der Waals surface area (Å²) in [5.74, 6) is -1.42. The van der Waals surface area contributed by atoms with E-state index >= 15 is 0 Å². The summed E-state index contributed by atoms with van der Waals surface area (Å²) in [5.41, 5.74) is 0.341. The van der Waals surface area contributed by atoms with E-state index in [0.29, 0.717) is 23.6 Å². The Kier molecular flexibility index (Phi) is 3.58. The number of amides is 2. The van der Waals surface area contributed by atoms with Gasteiger partial charge in [-0.2, -0.15) is 0 Å². The lowest BCUT2D eigenvalue weighted by Crippen LogP contribution is -2.30. The van der Waals surface area contributed by atoms with Crippen molar-refractivity contribution in [2.24, 2.45) is 17.0 Å². The van der Waals surface area contributed by atoms with Gasteiger partial charge in [0.1, 0.15) is 0 Å². The van der Waals surface area contributed by atoms with Crippen LogP contribution in [-0.2, 0) is 19.6 Å². The van der Waals surface area contributed by atoms with Gasteiger partial charge in [0.25, 0.3) is 0 Å². The van der Waals surface area contributed by atoms with Crippen molar-refractivity contribution in [1.82, 2.24) is 0 Å². The molecule has 1 aromatic carbocycles. The molecule has 1 heterocycles. The number of carbonyl (C=O) groups excluding carboxylic acids is 2. The highest BCUT2D eigenvalue weighted by Gasteiger charge is 2.48. The third-order valence-corrected chi connectivity index (χ3v) is 5.23. The van der Waals surface area contributed by atoms with Crippen molar-refractivity contribution in [3.63, 3.8) is 0 Å². The first kappa shape index (κ1) is 15.2. The van der Waals surface area contributed by atoms with E-state index in [1.165, 1.54) is 24.3 Å². The first-order valence-corrected chi connectivity index (χ1v) is 8.56. The molecule has 1 aliphatic heterocycles. The van der Waals surface area contributed by atoms with Gasteiger partial charge in [-0.3, -0.25) is 14.5 Å². The van der Waals surface area contributed by atoms with Crippen molar-refractivity contribution in [2.75, 3.05) is 4.90 Å². The number of carbonyl (C=O) groups is 2. The van der Waals surface area contributed by atoms with E-state index in [1.54, 1.807) is 6.08 Å². The first-order valence-electron chi connectivity index (χ1n) is 6.64. The number of anilines is 1. The van der Waals surface area contributed by atoms with E-state index in [2.05, 4.69) is 0 Å². The van der Waals surface area contributed by atoms with Crippen LogP contribution in [0.5, 0.6) is 0 Å². The van der Waals surface area contributed by atoms with Crippen LogP contribution in [0.3, 0.4) is 0 Å². The summed E-state index contributed by atoms with van der Waals surface area (Å²) >= 11 is 5.96. The van der Waals surface area contributed by atoms with Gasteiger partial charge >= 0.3 is 0 Å². The van der Waals surface area contributed by atoms with E-state index in [9.17, 15) is 18.0 Å². The molecule has 2 N–H and O–H groups in total. The zero-order valence-electron chi connectivity index (χ0n) is 11.4. The average Bonchev–Trinajstić information content (AvgIpc) is 2.70. The summed E-state index contributed by atoms with van der Waals surface area (Å²) in [6, 6.07) is 5.36. The molecular weight excluding hydrogens is 328 g/mol. The molecule has 0 aromatic heterocycles. The number of primary sulfonamides is 1. The highest BCUT2D eigenvalue weighted by Crippen LogP contribution is 2.40. The predicted octanol–water partition coefficient (Wildman–Crippen LogP) is 1.36. The Hall–Kier alpha value is -1.70. The number of hydrogen-bond acceptors (Lipinski definition) is 4. The summed E-state index contributed by atoms with van der Waals surface area (Å²) in [7, 11) is -3.81. The van der Waals surface area contributed by atoms with E-state index < -0.39 is 21.9 Å². The Morgan fingerprint density at radius 2 is 1.68 bits per heavy atom. The smallest absolute Gasteiger partial charge is 0.238 e. The van der Waals surface area contributed by atoms with Crippen LogP contribution in [0.2, 0.25) is 0 Å². The van der Waals surface area contributed by atoms with Crippen molar-refractivity contribution in [2.45, 2.75) is 17.7 Å². The van der Waals surface area contributed by atoms with Crippen molar-refractivity contribution in [3.05, 3.63) is 35.4 Å². The third-order valence-electron chi connectivity index (χ3n) is 3.99. The lowest BCUT2D eigenvalue weighted by atomic mass is 9.85. The van der Waals surface area contributed by atoms with Crippen molar-refractivity contribution < 1.29 is 18.0 Å². The van der Waals surface area contributed by atoms with Crippen LogP contribution < -0.4 is 10.0 Å². The molecule has 8 heteroatoms. The van der Waals surface area contributed by atoms with Crippen LogP contribution in [0.1, 0.15) is 12.8 Å². The second-order valence-corrected chi connectivity index (χ2v) is 7.40. The Labute approximate surface area is 132 Å². The van der Waals surface area contributed by atoms with Crippen LogP contribution in [0.4, 0.5) is 5.69 Å². The third kappa shape index (κ3) is 2.45. The molecule has 1 aromatic rings. The summed E-state index contributed by atoms with van der Waals surface area (Å²) in [5, 5.41) is 5.62. The minimum atomic E-state index is -3.81. The molecule has 6 nitrogen and oxygen atoms in total. The van der Waals surface area contributed by atoms with Crippen LogP contribution in [0.25, 0.3) is 0 Å². The average molecular weight is 341 g/mol. The van der Waals surface area contributed by atoms with Crippen LogP contribution in [-0.4, -0.2) is 20.2 Å². The first-order chi connectivity index (χ1) is 10.3. The lowest BCUT2D eigenvalue weighted by Gasteiger charge is -2.17. The van der Waals surface area contributed by atoms with Gasteiger partial charge in [0.15, 0.2) is 0 Å². The largest absolute Gasteiger partial charge is 0.274 e. The Morgan fingerprint density at radius 3 is 2.27 bits per heavy atom. The Balaban J connectivity index is 1.93. The number of hydrogen-bond donors (Lipinski definition) is 1. The molecule has 2 unspecified atom stereocenters. The van der Waals surface area contributed by atoms with E-state index in [0.717, 1.165) is 4.90 Å². The second kappa shape index (κ2) is 5.19. The summed E-state index contributed by atoms with van der Waals surface area (Å²) in [6.07, 6.45) is 2.57. The molecule has 22 heavy (non-hydrogen) atoms. The number of rotatable bonds is 2. The topological polar surface area (TPSA) is 97.5 Å². The Morgan fingerprint density at radius 1 is 1.09 bits per heavy atom. The van der Waals surface area contributed by atoms with Gasteiger partial charge < -0.3 is 0 Å². The monoisotopic (exact) mass is 340 g/mol. The minimum Gasteiger partial charge on any atom is -0.274 e. The van der Waals surface area contributed by atoms with E-state index in [-0.39, 0.29) is 16.7 Å². The highest BCUT2D eigenvalue weighted by atomic mass is 35.5. The zero-order valence-corrected chi connectivity index (χ0v) is 13.0. The standard InChI is InChI=1S/C14H13ClN2O4S/c15-8-1-6-11-12(7-8)14(19)17(13(11)18)9-2-4-10(5-3-9)22(16,20)21/h1-5,11-12H,6-7H2,(H2,16,20,21). The maximum atomic E-state index is 12.5. The van der Waals surface area contributed by atoms with Gasteiger partial charge in [0, 0.05) is 5.03 Å². The number of benzene rings is 1. The fourth-order valence-corrected chi connectivity index (χ4v) is 3.64. The van der Waals surface area contributed by atoms with Crippen molar-refractivity contribution in [1.29, 1.82) is 0 Å². The number of sulfonamides is 1. The molecular formula is C14H13ClN2O4S. The molecule has 2 aliphatic rings. The van der Waals surface area contributed by atoms with Gasteiger partial charge in [-0.15, -0.1) is 0 Å². The van der Waals surface area contributed by atoms with Crippen LogP contribution in [0, 0.1) is 11.8 Å². The van der Waals surface area contributed by atoms with Crippen molar-refractivity contribution in [3.8, 4) is 0 Å². The summed E-state index contributed by atoms with van der Waals surface area (Å²) in [6.45, 7) is 0. The molecule has 116 valence electrons.